The summed E-state index contributed by atoms with van der Waals surface area (Å²) in [6, 6.07) is 5.22. The van der Waals surface area contributed by atoms with Crippen LogP contribution >= 0.6 is 0 Å². The van der Waals surface area contributed by atoms with Gasteiger partial charge in [-0.25, -0.2) is 4.39 Å². The summed E-state index contributed by atoms with van der Waals surface area (Å²) >= 11 is 0. The highest BCUT2D eigenvalue weighted by atomic mass is 19.1. The van der Waals surface area contributed by atoms with Crippen molar-refractivity contribution < 1.29 is 14.2 Å². The number of aliphatic hydroxyl groups is 1. The lowest BCUT2D eigenvalue weighted by Crippen LogP contribution is -2.45. The monoisotopic (exact) mass is 293 g/mol. The molecule has 2 aliphatic rings. The lowest BCUT2D eigenvalue weighted by atomic mass is 9.96. The van der Waals surface area contributed by atoms with Crippen LogP contribution in [0.2, 0.25) is 0 Å². The average molecular weight is 293 g/mol. The molecule has 4 heteroatoms. The molecule has 3 rings (SSSR count). The molecule has 0 aliphatic carbocycles. The molecule has 0 saturated carbocycles. The Hall–Kier alpha value is -1.13. The van der Waals surface area contributed by atoms with Gasteiger partial charge >= 0.3 is 0 Å². The highest BCUT2D eigenvalue weighted by Crippen LogP contribution is 2.31. The number of rotatable bonds is 4. The number of ether oxygens (including phenoxy) is 1. The van der Waals surface area contributed by atoms with Gasteiger partial charge in [-0.05, 0) is 50.9 Å². The van der Waals surface area contributed by atoms with Crippen molar-refractivity contribution in [3.63, 3.8) is 0 Å². The zero-order valence-corrected chi connectivity index (χ0v) is 12.6. The largest absolute Gasteiger partial charge is 0.488 e. The normalized spacial score (nSPS) is 27.2. The fourth-order valence-electron chi connectivity index (χ4n) is 3.61. The minimum absolute atomic E-state index is 0.108. The van der Waals surface area contributed by atoms with E-state index in [1.807, 2.05) is 6.92 Å². The Labute approximate surface area is 125 Å². The fourth-order valence-corrected chi connectivity index (χ4v) is 3.61. The van der Waals surface area contributed by atoms with Gasteiger partial charge in [-0.2, -0.15) is 0 Å². The standard InChI is InChI=1S/C17H24FNO2/c1-12(20)8-15-4-2-3-7-19(15)11-16-10-13-9-14(18)5-6-17(13)21-16/h5-6,9,12,15-16,20H,2-4,7-8,10-11H2,1H3. The van der Waals surface area contributed by atoms with Crippen LogP contribution in [0.1, 0.15) is 38.2 Å². The molecule has 0 amide bonds. The van der Waals surface area contributed by atoms with Crippen LogP contribution in [0.3, 0.4) is 0 Å². The first-order valence-electron chi connectivity index (χ1n) is 7.99. The van der Waals surface area contributed by atoms with Crippen molar-refractivity contribution >= 4 is 0 Å². The van der Waals surface area contributed by atoms with Crippen molar-refractivity contribution in [2.24, 2.45) is 0 Å². The number of hydrogen-bond donors (Lipinski definition) is 1. The lowest BCUT2D eigenvalue weighted by Gasteiger charge is -2.37. The molecule has 116 valence electrons. The molecule has 3 unspecified atom stereocenters. The first-order valence-corrected chi connectivity index (χ1v) is 7.99. The smallest absolute Gasteiger partial charge is 0.123 e. The van der Waals surface area contributed by atoms with Crippen LogP contribution in [0.4, 0.5) is 4.39 Å². The number of likely N-dealkylation sites (tertiary alicyclic amines) is 1. The van der Waals surface area contributed by atoms with Crippen LogP contribution < -0.4 is 4.74 Å². The third-order valence-corrected chi connectivity index (χ3v) is 4.56. The quantitative estimate of drug-likeness (QED) is 0.926. The first-order chi connectivity index (χ1) is 10.1. The number of piperidine rings is 1. The van der Waals surface area contributed by atoms with Gasteiger partial charge in [-0.15, -0.1) is 0 Å². The molecule has 21 heavy (non-hydrogen) atoms. The number of aliphatic hydroxyl groups excluding tert-OH is 1. The van der Waals surface area contributed by atoms with E-state index < -0.39 is 0 Å². The van der Waals surface area contributed by atoms with Gasteiger partial charge in [0.05, 0.1) is 6.10 Å². The van der Waals surface area contributed by atoms with Crippen LogP contribution in [0.5, 0.6) is 5.75 Å². The van der Waals surface area contributed by atoms with Crippen molar-refractivity contribution in [1.82, 2.24) is 4.90 Å². The summed E-state index contributed by atoms with van der Waals surface area (Å²) in [5, 5.41) is 9.66. The van der Waals surface area contributed by atoms with Crippen LogP contribution in [-0.2, 0) is 6.42 Å². The second-order valence-corrected chi connectivity index (χ2v) is 6.43. The molecule has 1 aromatic carbocycles. The van der Waals surface area contributed by atoms with Crippen molar-refractivity contribution in [2.75, 3.05) is 13.1 Å². The summed E-state index contributed by atoms with van der Waals surface area (Å²) in [4.78, 5) is 2.45. The van der Waals surface area contributed by atoms with Crippen LogP contribution in [-0.4, -0.2) is 41.3 Å². The van der Waals surface area contributed by atoms with Crippen LogP contribution in [0, 0.1) is 5.82 Å². The summed E-state index contributed by atoms with van der Waals surface area (Å²) in [6.07, 6.45) is 5.07. The lowest BCUT2D eigenvalue weighted by molar-refractivity contribution is 0.0579. The van der Waals surface area contributed by atoms with Crippen LogP contribution in [0.25, 0.3) is 0 Å². The van der Waals surface area contributed by atoms with E-state index in [9.17, 15) is 9.50 Å². The SMILES string of the molecule is CC(O)CC1CCCCN1CC1Cc2cc(F)ccc2O1. The Morgan fingerprint density at radius 1 is 1.43 bits per heavy atom. The molecule has 1 fully saturated rings. The predicted molar refractivity (Wildman–Crippen MR) is 80.0 cm³/mol. The van der Waals surface area contributed by atoms with E-state index in [1.54, 1.807) is 12.1 Å². The molecule has 1 saturated heterocycles. The van der Waals surface area contributed by atoms with E-state index >= 15 is 0 Å². The van der Waals surface area contributed by atoms with Gasteiger partial charge in [-0.3, -0.25) is 4.90 Å². The molecule has 3 atom stereocenters. The van der Waals surface area contributed by atoms with E-state index in [0.29, 0.717) is 6.04 Å². The second kappa shape index (κ2) is 6.32. The maximum absolute atomic E-state index is 13.3. The summed E-state index contributed by atoms with van der Waals surface area (Å²) < 4.78 is 19.2. The number of benzene rings is 1. The van der Waals surface area contributed by atoms with E-state index in [0.717, 1.165) is 43.7 Å². The highest BCUT2D eigenvalue weighted by Gasteiger charge is 2.30. The summed E-state index contributed by atoms with van der Waals surface area (Å²) in [5.41, 5.74) is 0.976. The van der Waals surface area contributed by atoms with Gasteiger partial charge in [0, 0.05) is 24.6 Å². The first kappa shape index (κ1) is 14.8. The van der Waals surface area contributed by atoms with E-state index in [-0.39, 0.29) is 18.0 Å². The molecule has 1 aromatic rings. The topological polar surface area (TPSA) is 32.7 Å². The molecule has 0 spiro atoms. The molecule has 2 heterocycles. The van der Waals surface area contributed by atoms with Crippen molar-refractivity contribution in [3.05, 3.63) is 29.6 Å². The third-order valence-electron chi connectivity index (χ3n) is 4.56. The Bertz CT molecular complexity index is 492. The minimum Gasteiger partial charge on any atom is -0.488 e. The Kier molecular flexibility index (Phi) is 4.45. The number of halogens is 1. The van der Waals surface area contributed by atoms with Crippen molar-refractivity contribution in [1.29, 1.82) is 0 Å². The van der Waals surface area contributed by atoms with Crippen LogP contribution in [0.15, 0.2) is 18.2 Å². The zero-order valence-electron chi connectivity index (χ0n) is 12.6. The van der Waals surface area contributed by atoms with Gasteiger partial charge < -0.3 is 9.84 Å². The van der Waals surface area contributed by atoms with E-state index in [2.05, 4.69) is 4.90 Å². The van der Waals surface area contributed by atoms with Gasteiger partial charge in [0.15, 0.2) is 0 Å². The molecule has 0 aromatic heterocycles. The van der Waals surface area contributed by atoms with E-state index in [4.69, 9.17) is 4.74 Å². The Morgan fingerprint density at radius 3 is 3.10 bits per heavy atom. The number of fused-ring (bicyclic) bond motifs is 1. The molecular formula is C17H24FNO2. The van der Waals surface area contributed by atoms with Gasteiger partial charge in [0.2, 0.25) is 0 Å². The maximum Gasteiger partial charge on any atom is 0.123 e. The Balaban J connectivity index is 1.61. The molecule has 1 N–H and O–H groups in total. The molecular weight excluding hydrogens is 269 g/mol. The maximum atomic E-state index is 13.3. The summed E-state index contributed by atoms with van der Waals surface area (Å²) in [7, 11) is 0. The number of hydrogen-bond acceptors (Lipinski definition) is 3. The molecule has 0 bridgehead atoms. The highest BCUT2D eigenvalue weighted by molar-refractivity contribution is 5.37. The molecule has 2 aliphatic heterocycles. The second-order valence-electron chi connectivity index (χ2n) is 6.43. The Morgan fingerprint density at radius 2 is 2.29 bits per heavy atom. The zero-order chi connectivity index (χ0) is 14.8. The van der Waals surface area contributed by atoms with Gasteiger partial charge in [0.1, 0.15) is 17.7 Å². The summed E-state index contributed by atoms with van der Waals surface area (Å²) in [5.74, 6) is 0.633. The fraction of sp³-hybridized carbons (Fsp3) is 0.647. The molecule has 3 nitrogen and oxygen atoms in total. The van der Waals surface area contributed by atoms with Crippen molar-refractivity contribution in [2.45, 2.75) is 57.3 Å². The average Bonchev–Trinajstić information content (AvgIpc) is 2.82. The molecule has 0 radical (unpaired) electrons. The van der Waals surface area contributed by atoms with Gasteiger partial charge in [0.25, 0.3) is 0 Å². The number of nitrogens with zero attached hydrogens (tertiary/aromatic N) is 1. The third kappa shape index (κ3) is 3.55. The summed E-state index contributed by atoms with van der Waals surface area (Å²) in [6.45, 7) is 3.80. The minimum atomic E-state index is -0.258. The van der Waals surface area contributed by atoms with Gasteiger partial charge in [-0.1, -0.05) is 6.42 Å². The van der Waals surface area contributed by atoms with E-state index in [1.165, 1.54) is 18.9 Å². The van der Waals surface area contributed by atoms with Crippen molar-refractivity contribution in [3.8, 4) is 5.75 Å². The predicted octanol–water partition coefficient (Wildman–Crippen LogP) is 2.75.